The van der Waals surface area contributed by atoms with Crippen LogP contribution in [0.1, 0.15) is 0 Å². The molecule has 0 saturated carbocycles. The van der Waals surface area contributed by atoms with Crippen molar-refractivity contribution in [2.75, 3.05) is 0 Å². The molecule has 0 spiro atoms. The molecule has 9 heavy (non-hydrogen) atoms. The third-order valence-electron chi connectivity index (χ3n) is 0. The standard InChI is InChI=1S/4CHO.Ir/c4*1-2;/h4*1H;/q4*-1;. The summed E-state index contributed by atoms with van der Waals surface area (Å²) in [4.78, 5) is 31.0. The van der Waals surface area contributed by atoms with Crippen molar-refractivity contribution in [1.29, 1.82) is 0 Å². The minimum atomic E-state index is 0. The molecule has 0 saturated heterocycles. The maximum atomic E-state index is 7.75. The van der Waals surface area contributed by atoms with Crippen LogP contribution in [0, 0.1) is 0 Å². The van der Waals surface area contributed by atoms with E-state index in [1.807, 2.05) is 0 Å². The molecule has 4 nitrogen and oxygen atoms in total. The van der Waals surface area contributed by atoms with Gasteiger partial charge in [0, 0.05) is 20.1 Å². The third-order valence-corrected chi connectivity index (χ3v) is 0. The van der Waals surface area contributed by atoms with Crippen molar-refractivity contribution in [2.24, 2.45) is 0 Å². The van der Waals surface area contributed by atoms with Gasteiger partial charge in [-0.15, -0.1) is 0 Å². The normalized spacial score (nSPS) is 1.78. The fraction of sp³-hybridized carbons (Fsp3) is 0. The van der Waals surface area contributed by atoms with E-state index in [1.165, 1.54) is 0 Å². The summed E-state index contributed by atoms with van der Waals surface area (Å²) in [6.07, 6.45) is 0. The van der Waals surface area contributed by atoms with Crippen LogP contribution in [0.15, 0.2) is 0 Å². The van der Waals surface area contributed by atoms with Gasteiger partial charge >= 0.3 is 0 Å². The molecule has 0 aliphatic heterocycles. The molecule has 0 N–H and O–H groups in total. The van der Waals surface area contributed by atoms with Gasteiger partial charge in [-0.1, -0.05) is 0 Å². The summed E-state index contributed by atoms with van der Waals surface area (Å²) in [5.74, 6) is 0. The first-order chi connectivity index (χ1) is 4.00. The van der Waals surface area contributed by atoms with Gasteiger partial charge in [0.25, 0.3) is 0 Å². The molecule has 0 unspecified atom stereocenters. The quantitative estimate of drug-likeness (QED) is 0.421. The second kappa shape index (κ2) is 653. The third kappa shape index (κ3) is 463. The van der Waals surface area contributed by atoms with E-state index < -0.39 is 0 Å². The van der Waals surface area contributed by atoms with Crippen LogP contribution in [-0.4, -0.2) is 27.2 Å². The van der Waals surface area contributed by atoms with E-state index in [4.69, 9.17) is 19.2 Å². The smallest absolute Gasteiger partial charge is 0 e. The molecular formula is C4H4IrO4-4. The van der Waals surface area contributed by atoms with Crippen LogP contribution in [0.4, 0.5) is 0 Å². The zero-order chi connectivity index (χ0) is 8.00. The topological polar surface area (TPSA) is 68.3 Å². The summed E-state index contributed by atoms with van der Waals surface area (Å²) in [5, 5.41) is 0. The molecule has 5 heteroatoms. The number of rotatable bonds is 0. The van der Waals surface area contributed by atoms with E-state index in [0.717, 1.165) is 0 Å². The SMILES string of the molecule is [CH-]=O.[CH-]=O.[CH-]=O.[CH-]=O.[Ir]. The van der Waals surface area contributed by atoms with Crippen molar-refractivity contribution in [3.8, 4) is 0 Å². The molecule has 0 amide bonds. The van der Waals surface area contributed by atoms with Crippen molar-refractivity contribution < 1.29 is 39.3 Å². The Kier molecular flexibility index (Phi) is 2930. The molecule has 1 radical (unpaired) electrons. The molecule has 0 fully saturated rings. The van der Waals surface area contributed by atoms with Crippen LogP contribution in [0.3, 0.4) is 0 Å². The van der Waals surface area contributed by atoms with Crippen molar-refractivity contribution in [3.05, 3.63) is 0 Å². The minimum Gasteiger partial charge on any atom is -0.545 e. The van der Waals surface area contributed by atoms with Crippen LogP contribution >= 0.6 is 0 Å². The van der Waals surface area contributed by atoms with Crippen LogP contribution in [0.2, 0.25) is 0 Å². The summed E-state index contributed by atoms with van der Waals surface area (Å²) in [6.45, 7) is 13.0. The monoisotopic (exact) mass is 309 g/mol. The largest absolute Gasteiger partial charge is 0.545 e. The molecule has 0 aromatic rings. The Morgan fingerprint density at radius 2 is 0.444 bits per heavy atom. The molecular weight excluding hydrogens is 304 g/mol. The Balaban J connectivity index is -0.00000000762. The van der Waals surface area contributed by atoms with E-state index in [1.54, 1.807) is 0 Å². The Morgan fingerprint density at radius 1 is 0.444 bits per heavy atom. The maximum absolute atomic E-state index is 7.75. The van der Waals surface area contributed by atoms with E-state index in [0.29, 0.717) is 0 Å². The van der Waals surface area contributed by atoms with E-state index in [-0.39, 0.29) is 20.1 Å². The minimum absolute atomic E-state index is 0. The zero-order valence-electron chi connectivity index (χ0n) is 4.28. The summed E-state index contributed by atoms with van der Waals surface area (Å²) in [6, 6.07) is 0. The first-order valence-corrected chi connectivity index (χ1v) is 0.943. The Labute approximate surface area is 67.0 Å². The predicted octanol–water partition coefficient (Wildman–Crippen LogP) is -1.10. The van der Waals surface area contributed by atoms with Gasteiger partial charge in [0.05, 0.1) is 0 Å². The number of hydrogen-bond donors (Lipinski definition) is 0. The molecule has 0 aliphatic carbocycles. The van der Waals surface area contributed by atoms with Crippen molar-refractivity contribution >= 4 is 27.2 Å². The Hall–Kier alpha value is -0.671. The van der Waals surface area contributed by atoms with Crippen LogP contribution in [0.5, 0.6) is 0 Å². The van der Waals surface area contributed by atoms with Gasteiger partial charge in [0.1, 0.15) is 0 Å². The molecule has 0 aromatic heterocycles. The first kappa shape index (κ1) is 40.4. The number of carbonyl (C=O) groups excluding carboxylic acids is 4. The molecule has 57 valence electrons. The second-order valence-corrected chi connectivity index (χ2v) is 0. The van der Waals surface area contributed by atoms with Gasteiger partial charge in [-0.3, -0.25) is 27.2 Å². The number of hydrogen-bond acceptors (Lipinski definition) is 4. The average Bonchev–Trinajstić information content (AvgIpc) is 2.03. The van der Waals surface area contributed by atoms with E-state index >= 15 is 0 Å². The predicted molar refractivity (Wildman–Crippen MR) is 27.0 cm³/mol. The summed E-state index contributed by atoms with van der Waals surface area (Å²) in [5.41, 5.74) is 0. The van der Waals surface area contributed by atoms with Gasteiger partial charge in [0.2, 0.25) is 0 Å². The zero-order valence-corrected chi connectivity index (χ0v) is 6.67. The maximum Gasteiger partial charge on any atom is 0 e. The average molecular weight is 308 g/mol. The van der Waals surface area contributed by atoms with E-state index in [9.17, 15) is 0 Å². The Morgan fingerprint density at radius 3 is 0.444 bits per heavy atom. The summed E-state index contributed by atoms with van der Waals surface area (Å²) < 4.78 is 0. The van der Waals surface area contributed by atoms with Crippen molar-refractivity contribution in [1.82, 2.24) is 0 Å². The molecule has 0 aliphatic rings. The second-order valence-electron chi connectivity index (χ2n) is 0. The molecule has 0 rings (SSSR count). The van der Waals surface area contributed by atoms with Crippen LogP contribution in [0.25, 0.3) is 0 Å². The van der Waals surface area contributed by atoms with Gasteiger partial charge < -0.3 is 19.2 Å². The van der Waals surface area contributed by atoms with Gasteiger partial charge in [-0.2, -0.15) is 0 Å². The summed E-state index contributed by atoms with van der Waals surface area (Å²) in [7, 11) is 0. The Bertz CT molecular complexity index is 20.5. The van der Waals surface area contributed by atoms with Crippen LogP contribution < -0.4 is 0 Å². The van der Waals surface area contributed by atoms with Crippen molar-refractivity contribution in [3.63, 3.8) is 0 Å². The molecule has 0 heterocycles. The summed E-state index contributed by atoms with van der Waals surface area (Å²) >= 11 is 0. The van der Waals surface area contributed by atoms with Crippen molar-refractivity contribution in [2.45, 2.75) is 0 Å². The first-order valence-electron chi connectivity index (χ1n) is 0.943. The molecule has 0 bridgehead atoms. The molecule has 0 aromatic carbocycles. The van der Waals surface area contributed by atoms with E-state index in [2.05, 4.69) is 27.2 Å². The van der Waals surface area contributed by atoms with Gasteiger partial charge in [-0.25, -0.2) is 0 Å². The van der Waals surface area contributed by atoms with Gasteiger partial charge in [0.15, 0.2) is 0 Å². The van der Waals surface area contributed by atoms with Crippen LogP contribution in [-0.2, 0) is 39.3 Å². The van der Waals surface area contributed by atoms with Gasteiger partial charge in [-0.05, 0) is 0 Å². The fourth-order valence-corrected chi connectivity index (χ4v) is 0. The molecule has 0 atom stereocenters. The fourth-order valence-electron chi connectivity index (χ4n) is 0.